The number of carboxylic acids is 1. The Morgan fingerprint density at radius 2 is 1.68 bits per heavy atom. The molecule has 3 rings (SSSR count). The van der Waals surface area contributed by atoms with Gasteiger partial charge in [0.1, 0.15) is 5.76 Å². The molecule has 1 N–H and O–H groups in total. The van der Waals surface area contributed by atoms with Crippen molar-refractivity contribution in [3.63, 3.8) is 0 Å². The summed E-state index contributed by atoms with van der Waals surface area (Å²) in [5, 5.41) is 21.8. The third kappa shape index (κ3) is 4.60. The molecule has 1 aliphatic rings. The molecule has 2 aromatic carbocycles. The van der Waals surface area contributed by atoms with Crippen LogP contribution in [0.2, 0.25) is 0 Å². The molecule has 1 heterocycles. The fraction of sp³-hybridized carbons (Fsp3) is 0.292. The summed E-state index contributed by atoms with van der Waals surface area (Å²) in [6.45, 7) is 1.97. The van der Waals surface area contributed by atoms with Crippen molar-refractivity contribution in [1.29, 1.82) is 0 Å². The third-order valence-corrected chi connectivity index (χ3v) is 5.37. The molecule has 162 valence electrons. The molecule has 0 unspecified atom stereocenters. The molecular weight excluding hydrogens is 396 g/mol. The number of aliphatic hydroxyl groups is 1. The number of likely N-dealkylation sites (tertiary alicyclic amines) is 1. The molecule has 0 spiro atoms. The van der Waals surface area contributed by atoms with Gasteiger partial charge in [-0.05, 0) is 37.5 Å². The number of hydrogen-bond acceptors (Lipinski definition) is 6. The zero-order valence-electron chi connectivity index (χ0n) is 17.8. The zero-order valence-corrected chi connectivity index (χ0v) is 17.8. The molecule has 0 saturated carbocycles. The second-order valence-electron chi connectivity index (χ2n) is 7.82. The van der Waals surface area contributed by atoms with Gasteiger partial charge in [-0.15, -0.1) is 0 Å². The average Bonchev–Trinajstić information content (AvgIpc) is 2.98. The number of nitrogens with zero attached hydrogens (tertiary/aromatic N) is 2. The van der Waals surface area contributed by atoms with Crippen LogP contribution in [0.15, 0.2) is 54.1 Å². The lowest BCUT2D eigenvalue weighted by Crippen LogP contribution is -2.32. The summed E-state index contributed by atoms with van der Waals surface area (Å²) < 4.78 is 0. The van der Waals surface area contributed by atoms with Gasteiger partial charge in [0.25, 0.3) is 11.7 Å². The van der Waals surface area contributed by atoms with E-state index in [1.807, 2.05) is 50.2 Å². The first-order valence-electron chi connectivity index (χ1n) is 10.0. The standard InChI is InChI=1S/C24H26N2O5/c1-15-6-8-17(9-7-15)22(29)20-21(16-10-12-18(13-11-16)25(2)3)26(24(31)23(20)30)14-4-5-19(27)28/h6-13,21,29H,4-5,14H2,1-3H3,(H,27,28)/p-1/b22-20+/t21-/m0/s1. The third-order valence-electron chi connectivity index (χ3n) is 5.37. The van der Waals surface area contributed by atoms with Crippen molar-refractivity contribution >= 4 is 29.1 Å². The van der Waals surface area contributed by atoms with Gasteiger partial charge in [-0.1, -0.05) is 42.0 Å². The van der Waals surface area contributed by atoms with Crippen LogP contribution in [0.4, 0.5) is 5.69 Å². The molecule has 1 saturated heterocycles. The number of benzene rings is 2. The Balaban J connectivity index is 2.09. The van der Waals surface area contributed by atoms with E-state index in [0.29, 0.717) is 11.1 Å². The van der Waals surface area contributed by atoms with Crippen LogP contribution in [0.25, 0.3) is 5.76 Å². The van der Waals surface area contributed by atoms with Gasteiger partial charge in [0.15, 0.2) is 0 Å². The van der Waals surface area contributed by atoms with Crippen molar-refractivity contribution in [2.45, 2.75) is 25.8 Å². The number of carbonyl (C=O) groups is 3. The van der Waals surface area contributed by atoms with E-state index in [0.717, 1.165) is 11.3 Å². The van der Waals surface area contributed by atoms with Gasteiger partial charge in [0, 0.05) is 37.9 Å². The lowest BCUT2D eigenvalue weighted by atomic mass is 9.94. The van der Waals surface area contributed by atoms with Gasteiger partial charge in [0.05, 0.1) is 11.6 Å². The van der Waals surface area contributed by atoms with Gasteiger partial charge >= 0.3 is 0 Å². The molecule has 1 amide bonds. The highest BCUT2D eigenvalue weighted by Crippen LogP contribution is 2.40. The number of carboxylic acid groups (broad SMARTS) is 1. The van der Waals surface area contributed by atoms with Crippen LogP contribution in [0.1, 0.15) is 35.6 Å². The van der Waals surface area contributed by atoms with E-state index < -0.39 is 23.7 Å². The van der Waals surface area contributed by atoms with E-state index >= 15 is 0 Å². The summed E-state index contributed by atoms with van der Waals surface area (Å²) in [4.78, 5) is 39.8. The predicted octanol–water partition coefficient (Wildman–Crippen LogP) is 2.01. The molecule has 1 aliphatic heterocycles. The molecule has 0 aromatic heterocycles. The number of ketones is 1. The zero-order chi connectivity index (χ0) is 22.7. The largest absolute Gasteiger partial charge is 0.550 e. The maximum Gasteiger partial charge on any atom is 0.295 e. The molecule has 7 nitrogen and oxygen atoms in total. The van der Waals surface area contributed by atoms with Crippen LogP contribution in [-0.2, 0) is 14.4 Å². The summed E-state index contributed by atoms with van der Waals surface area (Å²) in [6.07, 6.45) is -0.0839. The summed E-state index contributed by atoms with van der Waals surface area (Å²) in [6, 6.07) is 13.5. The van der Waals surface area contributed by atoms with Crippen molar-refractivity contribution in [1.82, 2.24) is 4.90 Å². The molecule has 2 aromatic rings. The monoisotopic (exact) mass is 421 g/mol. The normalized spacial score (nSPS) is 17.8. The number of rotatable bonds is 7. The van der Waals surface area contributed by atoms with E-state index in [-0.39, 0.29) is 30.7 Å². The van der Waals surface area contributed by atoms with Crippen LogP contribution in [0.5, 0.6) is 0 Å². The second kappa shape index (κ2) is 9.04. The maximum atomic E-state index is 12.9. The molecule has 1 atom stereocenters. The predicted molar refractivity (Wildman–Crippen MR) is 115 cm³/mol. The number of hydrogen-bond donors (Lipinski definition) is 1. The minimum atomic E-state index is -1.22. The Labute approximate surface area is 181 Å². The SMILES string of the molecule is Cc1ccc(/C(O)=C2\C(=O)C(=O)N(CCCC(=O)[O-])[C@H]2c2ccc(N(C)C)cc2)cc1. The first-order chi connectivity index (χ1) is 14.7. The number of carbonyl (C=O) groups excluding carboxylic acids is 3. The molecule has 0 radical (unpaired) electrons. The lowest BCUT2D eigenvalue weighted by Gasteiger charge is -2.26. The Morgan fingerprint density at radius 1 is 1.06 bits per heavy atom. The van der Waals surface area contributed by atoms with E-state index in [4.69, 9.17) is 0 Å². The summed E-state index contributed by atoms with van der Waals surface area (Å²) in [7, 11) is 3.80. The van der Waals surface area contributed by atoms with Crippen LogP contribution >= 0.6 is 0 Å². The number of amides is 1. The van der Waals surface area contributed by atoms with Crippen LogP contribution in [0, 0.1) is 6.92 Å². The Kier molecular flexibility index (Phi) is 6.44. The minimum Gasteiger partial charge on any atom is -0.550 e. The second-order valence-corrected chi connectivity index (χ2v) is 7.82. The fourth-order valence-electron chi connectivity index (χ4n) is 3.67. The van der Waals surface area contributed by atoms with Crippen molar-refractivity contribution in [2.75, 3.05) is 25.5 Å². The van der Waals surface area contributed by atoms with E-state index in [9.17, 15) is 24.6 Å². The summed E-state index contributed by atoms with van der Waals surface area (Å²) in [5.74, 6) is -3.01. The number of aliphatic hydroxyl groups excluding tert-OH is 1. The Morgan fingerprint density at radius 3 is 2.23 bits per heavy atom. The average molecular weight is 421 g/mol. The van der Waals surface area contributed by atoms with Gasteiger partial charge < -0.3 is 24.8 Å². The van der Waals surface area contributed by atoms with Crippen molar-refractivity contribution in [3.05, 3.63) is 70.8 Å². The van der Waals surface area contributed by atoms with E-state index in [2.05, 4.69) is 0 Å². The molecule has 0 bridgehead atoms. The van der Waals surface area contributed by atoms with Crippen molar-refractivity contribution in [3.8, 4) is 0 Å². The first kappa shape index (κ1) is 22.1. The highest BCUT2D eigenvalue weighted by molar-refractivity contribution is 6.46. The van der Waals surface area contributed by atoms with E-state index in [1.54, 1.807) is 24.3 Å². The Hall–Kier alpha value is -3.61. The highest BCUT2D eigenvalue weighted by atomic mass is 16.4. The Bertz CT molecular complexity index is 1020. The van der Waals surface area contributed by atoms with Crippen molar-refractivity contribution < 1.29 is 24.6 Å². The summed E-state index contributed by atoms with van der Waals surface area (Å²) in [5.41, 5.74) is 3.03. The quantitative estimate of drug-likeness (QED) is 0.417. The number of aryl methyl sites for hydroxylation is 1. The van der Waals surface area contributed by atoms with Gasteiger partial charge in [-0.25, -0.2) is 0 Å². The fourth-order valence-corrected chi connectivity index (χ4v) is 3.67. The molecular formula is C24H25N2O5-. The molecule has 1 fully saturated rings. The van der Waals surface area contributed by atoms with Crippen molar-refractivity contribution in [2.24, 2.45) is 0 Å². The van der Waals surface area contributed by atoms with Crippen LogP contribution in [0.3, 0.4) is 0 Å². The topological polar surface area (TPSA) is 101 Å². The maximum absolute atomic E-state index is 12.9. The number of anilines is 1. The van der Waals surface area contributed by atoms with Gasteiger partial charge in [0.2, 0.25) is 0 Å². The van der Waals surface area contributed by atoms with Crippen LogP contribution in [-0.4, -0.2) is 48.3 Å². The lowest BCUT2D eigenvalue weighted by molar-refractivity contribution is -0.305. The molecule has 31 heavy (non-hydrogen) atoms. The first-order valence-corrected chi connectivity index (χ1v) is 10.0. The number of Topliss-reactive ketones (excluding diaryl/α,β-unsaturated/α-hetero) is 1. The smallest absolute Gasteiger partial charge is 0.295 e. The van der Waals surface area contributed by atoms with E-state index in [1.165, 1.54) is 4.90 Å². The molecule has 0 aliphatic carbocycles. The summed E-state index contributed by atoms with van der Waals surface area (Å²) >= 11 is 0. The van der Waals surface area contributed by atoms with Gasteiger partial charge in [-0.3, -0.25) is 9.59 Å². The minimum absolute atomic E-state index is 0.0000869. The van der Waals surface area contributed by atoms with Gasteiger partial charge in [-0.2, -0.15) is 0 Å². The highest BCUT2D eigenvalue weighted by Gasteiger charge is 2.45. The molecule has 7 heteroatoms. The number of aliphatic carboxylic acids is 1. The van der Waals surface area contributed by atoms with Crippen LogP contribution < -0.4 is 10.0 Å².